The van der Waals surface area contributed by atoms with Crippen molar-refractivity contribution in [2.24, 2.45) is 0 Å². The lowest BCUT2D eigenvalue weighted by Gasteiger charge is -2.37. The Balaban J connectivity index is 1.98. The highest BCUT2D eigenvalue weighted by molar-refractivity contribution is 5.19. The summed E-state index contributed by atoms with van der Waals surface area (Å²) in [5.41, 5.74) is 1.08. The van der Waals surface area contributed by atoms with Crippen molar-refractivity contribution >= 4 is 0 Å². The molecule has 2 N–H and O–H groups in total. The van der Waals surface area contributed by atoms with Crippen LogP contribution >= 0.6 is 0 Å². The highest BCUT2D eigenvalue weighted by Gasteiger charge is 2.30. The quantitative estimate of drug-likeness (QED) is 0.860. The fourth-order valence-electron chi connectivity index (χ4n) is 2.60. The van der Waals surface area contributed by atoms with E-state index in [0.717, 1.165) is 25.0 Å². The van der Waals surface area contributed by atoms with Crippen LogP contribution in [0.3, 0.4) is 0 Å². The summed E-state index contributed by atoms with van der Waals surface area (Å²) in [6.07, 6.45) is 1.99. The number of rotatable bonds is 4. The van der Waals surface area contributed by atoms with Crippen LogP contribution in [0.2, 0.25) is 0 Å². The number of nitrogens with one attached hydrogen (secondary N) is 1. The van der Waals surface area contributed by atoms with Crippen molar-refractivity contribution in [1.82, 2.24) is 5.32 Å². The molecule has 1 saturated heterocycles. The maximum absolute atomic E-state index is 9.55. The van der Waals surface area contributed by atoms with Crippen molar-refractivity contribution in [3.05, 3.63) is 35.9 Å². The zero-order valence-electron chi connectivity index (χ0n) is 11.2. The minimum absolute atomic E-state index is 0.0186. The Morgan fingerprint density at radius 1 is 1.39 bits per heavy atom. The minimum Gasteiger partial charge on any atom is -0.394 e. The molecule has 0 bridgehead atoms. The van der Waals surface area contributed by atoms with Crippen molar-refractivity contribution in [3.63, 3.8) is 0 Å². The van der Waals surface area contributed by atoms with Crippen LogP contribution in [0.5, 0.6) is 0 Å². The lowest BCUT2D eigenvalue weighted by molar-refractivity contribution is -0.0649. The average molecular weight is 249 g/mol. The normalized spacial score (nSPS) is 24.7. The first-order chi connectivity index (χ1) is 8.61. The van der Waals surface area contributed by atoms with Crippen molar-refractivity contribution in [1.29, 1.82) is 0 Å². The second-order valence-corrected chi connectivity index (χ2v) is 5.61. The van der Waals surface area contributed by atoms with Gasteiger partial charge >= 0.3 is 0 Å². The van der Waals surface area contributed by atoms with Crippen molar-refractivity contribution in [2.75, 3.05) is 13.2 Å². The molecule has 1 heterocycles. The first kappa shape index (κ1) is 13.5. The average Bonchev–Trinajstić information content (AvgIpc) is 2.36. The molecule has 0 aromatic heterocycles. The molecule has 1 aromatic carbocycles. The van der Waals surface area contributed by atoms with E-state index < -0.39 is 0 Å². The molecule has 0 amide bonds. The standard InChI is InChI=1S/C15H23NO2/c1-15(2)10-13(8-9-18-15)16-14(11-17)12-6-4-3-5-7-12/h3-7,13-14,16-17H,8-11H2,1-2H3. The predicted molar refractivity (Wildman–Crippen MR) is 72.5 cm³/mol. The Morgan fingerprint density at radius 2 is 2.11 bits per heavy atom. The Hall–Kier alpha value is -0.900. The van der Waals surface area contributed by atoms with E-state index in [1.54, 1.807) is 0 Å². The number of aliphatic hydroxyl groups is 1. The van der Waals surface area contributed by atoms with E-state index in [9.17, 15) is 5.11 Å². The molecule has 2 rings (SSSR count). The van der Waals surface area contributed by atoms with Gasteiger partial charge in [0, 0.05) is 12.6 Å². The van der Waals surface area contributed by atoms with E-state index in [1.807, 2.05) is 18.2 Å². The van der Waals surface area contributed by atoms with Crippen molar-refractivity contribution in [2.45, 2.75) is 44.4 Å². The monoisotopic (exact) mass is 249 g/mol. The molecule has 2 atom stereocenters. The van der Waals surface area contributed by atoms with Gasteiger partial charge in [0.1, 0.15) is 0 Å². The molecule has 1 aromatic rings. The first-order valence-corrected chi connectivity index (χ1v) is 6.66. The third kappa shape index (κ3) is 3.55. The maximum Gasteiger partial charge on any atom is 0.0641 e. The van der Waals surface area contributed by atoms with Crippen LogP contribution in [0.15, 0.2) is 30.3 Å². The van der Waals surface area contributed by atoms with Gasteiger partial charge < -0.3 is 15.2 Å². The van der Waals surface area contributed by atoms with Gasteiger partial charge in [-0.3, -0.25) is 0 Å². The van der Waals surface area contributed by atoms with E-state index in [0.29, 0.717) is 6.04 Å². The fraction of sp³-hybridized carbons (Fsp3) is 0.600. The summed E-state index contributed by atoms with van der Waals surface area (Å²) in [6.45, 7) is 5.16. The van der Waals surface area contributed by atoms with Gasteiger partial charge in [-0.2, -0.15) is 0 Å². The third-order valence-corrected chi connectivity index (χ3v) is 3.52. The van der Waals surface area contributed by atoms with Gasteiger partial charge in [-0.15, -0.1) is 0 Å². The van der Waals surface area contributed by atoms with Crippen LogP contribution < -0.4 is 5.32 Å². The maximum atomic E-state index is 9.55. The Morgan fingerprint density at radius 3 is 2.72 bits per heavy atom. The summed E-state index contributed by atoms with van der Waals surface area (Å²) in [5, 5.41) is 13.1. The van der Waals surface area contributed by atoms with E-state index in [2.05, 4.69) is 31.3 Å². The summed E-state index contributed by atoms with van der Waals surface area (Å²) >= 11 is 0. The topological polar surface area (TPSA) is 41.5 Å². The fourth-order valence-corrected chi connectivity index (χ4v) is 2.60. The number of benzene rings is 1. The van der Waals surface area contributed by atoms with Gasteiger partial charge in [0.15, 0.2) is 0 Å². The highest BCUT2D eigenvalue weighted by Crippen LogP contribution is 2.25. The third-order valence-electron chi connectivity index (χ3n) is 3.52. The first-order valence-electron chi connectivity index (χ1n) is 6.66. The number of hydrogen-bond acceptors (Lipinski definition) is 3. The zero-order valence-corrected chi connectivity index (χ0v) is 11.2. The molecule has 0 radical (unpaired) electrons. The Kier molecular flexibility index (Phi) is 4.38. The molecule has 100 valence electrons. The molecule has 0 saturated carbocycles. The number of hydrogen-bond donors (Lipinski definition) is 2. The molecule has 2 unspecified atom stereocenters. The summed E-state index contributed by atoms with van der Waals surface area (Å²) in [4.78, 5) is 0. The molecule has 1 aliphatic rings. The summed E-state index contributed by atoms with van der Waals surface area (Å²) in [6, 6.07) is 10.5. The van der Waals surface area contributed by atoms with Crippen molar-refractivity contribution < 1.29 is 9.84 Å². The van der Waals surface area contributed by atoms with Gasteiger partial charge in [0.2, 0.25) is 0 Å². The van der Waals surface area contributed by atoms with Crippen LogP contribution in [0, 0.1) is 0 Å². The second-order valence-electron chi connectivity index (χ2n) is 5.61. The van der Waals surface area contributed by atoms with E-state index in [1.165, 1.54) is 0 Å². The SMILES string of the molecule is CC1(C)CC(NC(CO)c2ccccc2)CCO1. The van der Waals surface area contributed by atoms with Crippen LogP contribution in [0.25, 0.3) is 0 Å². The molecule has 1 fully saturated rings. The largest absolute Gasteiger partial charge is 0.394 e. The lowest BCUT2D eigenvalue weighted by Crippen LogP contribution is -2.45. The van der Waals surface area contributed by atoms with Gasteiger partial charge in [-0.05, 0) is 32.3 Å². The van der Waals surface area contributed by atoms with Gasteiger partial charge in [0.05, 0.1) is 18.2 Å². The van der Waals surface area contributed by atoms with Crippen molar-refractivity contribution in [3.8, 4) is 0 Å². The van der Waals surface area contributed by atoms with Crippen LogP contribution in [0.4, 0.5) is 0 Å². The van der Waals surface area contributed by atoms with E-state index >= 15 is 0 Å². The molecule has 3 nitrogen and oxygen atoms in total. The smallest absolute Gasteiger partial charge is 0.0641 e. The summed E-state index contributed by atoms with van der Waals surface area (Å²) in [7, 11) is 0. The molecule has 0 aliphatic carbocycles. The molecule has 0 spiro atoms. The van der Waals surface area contributed by atoms with Gasteiger partial charge in [-0.1, -0.05) is 30.3 Å². The van der Waals surface area contributed by atoms with Crippen LogP contribution in [0.1, 0.15) is 38.3 Å². The second kappa shape index (κ2) is 5.83. The Bertz CT molecular complexity index is 364. The molecular weight excluding hydrogens is 226 g/mol. The Labute approximate surface area is 109 Å². The van der Waals surface area contributed by atoms with Crippen LogP contribution in [-0.2, 0) is 4.74 Å². The zero-order chi connectivity index (χ0) is 13.0. The molecular formula is C15H23NO2. The minimum atomic E-state index is -0.0629. The number of aliphatic hydroxyl groups excluding tert-OH is 1. The molecule has 1 aliphatic heterocycles. The van der Waals surface area contributed by atoms with Crippen LogP contribution in [-0.4, -0.2) is 30.0 Å². The molecule has 18 heavy (non-hydrogen) atoms. The summed E-state index contributed by atoms with van der Waals surface area (Å²) < 4.78 is 5.71. The number of ether oxygens (including phenoxy) is 1. The van der Waals surface area contributed by atoms with Gasteiger partial charge in [0.25, 0.3) is 0 Å². The predicted octanol–water partition coefficient (Wildman–Crippen LogP) is 2.27. The molecule has 3 heteroatoms. The highest BCUT2D eigenvalue weighted by atomic mass is 16.5. The van der Waals surface area contributed by atoms with E-state index in [4.69, 9.17) is 4.74 Å². The summed E-state index contributed by atoms with van der Waals surface area (Å²) in [5.74, 6) is 0. The van der Waals surface area contributed by atoms with E-state index in [-0.39, 0.29) is 18.2 Å². The van der Waals surface area contributed by atoms with Gasteiger partial charge in [-0.25, -0.2) is 0 Å². The lowest BCUT2D eigenvalue weighted by atomic mass is 9.93.